The monoisotopic (exact) mass is 252 g/mol. The Hall–Kier alpha value is -1.72. The van der Waals surface area contributed by atoms with Crippen molar-refractivity contribution in [3.63, 3.8) is 0 Å². The van der Waals surface area contributed by atoms with Gasteiger partial charge in [-0.2, -0.15) is 0 Å². The second-order valence-electron chi connectivity index (χ2n) is 3.59. The van der Waals surface area contributed by atoms with Gasteiger partial charge in [0.15, 0.2) is 6.10 Å². The maximum Gasteiger partial charge on any atom is 0.254 e. The maximum absolute atomic E-state index is 13.5. The molecule has 0 aliphatic heterocycles. The highest BCUT2D eigenvalue weighted by Crippen LogP contribution is 2.19. The van der Waals surface area contributed by atoms with Crippen LogP contribution in [0.3, 0.4) is 0 Å². The number of rotatable bonds is 6. The molecule has 0 fully saturated rings. The largest absolute Gasteiger partial charge is 0.367 e. The quantitative estimate of drug-likeness (QED) is 0.746. The van der Waals surface area contributed by atoms with Crippen LogP contribution >= 0.6 is 0 Å². The molecule has 0 radical (unpaired) electrons. The molecule has 0 bridgehead atoms. The number of nitrogens with two attached hydrogens (primary N) is 1. The first kappa shape index (κ1) is 14.3. The van der Waals surface area contributed by atoms with Crippen LogP contribution in [0.15, 0.2) is 36.4 Å². The lowest BCUT2D eigenvalue weighted by Gasteiger charge is -2.15. The zero-order chi connectivity index (χ0) is 13.4. The van der Waals surface area contributed by atoms with E-state index in [-0.39, 0.29) is 11.5 Å². The van der Waals surface area contributed by atoms with Crippen molar-refractivity contribution in [2.24, 2.45) is 5.73 Å². The van der Waals surface area contributed by atoms with Gasteiger partial charge in [0, 0.05) is 25.8 Å². The van der Waals surface area contributed by atoms with Crippen LogP contribution in [-0.4, -0.2) is 26.1 Å². The highest BCUT2D eigenvalue weighted by molar-refractivity contribution is 5.82. The Bertz CT molecular complexity index is 421. The van der Waals surface area contributed by atoms with Crippen molar-refractivity contribution in [3.05, 3.63) is 47.8 Å². The first-order valence-electron chi connectivity index (χ1n) is 5.60. The summed E-state index contributed by atoms with van der Waals surface area (Å²) in [5, 5.41) is 2.62. The molecule has 1 amide bonds. The fourth-order valence-corrected chi connectivity index (χ4v) is 1.49. The van der Waals surface area contributed by atoms with Crippen LogP contribution in [0.2, 0.25) is 0 Å². The smallest absolute Gasteiger partial charge is 0.254 e. The van der Waals surface area contributed by atoms with Gasteiger partial charge < -0.3 is 15.8 Å². The zero-order valence-corrected chi connectivity index (χ0v) is 10.2. The Morgan fingerprint density at radius 3 is 2.83 bits per heavy atom. The molecular weight excluding hydrogens is 235 g/mol. The van der Waals surface area contributed by atoms with E-state index in [0.29, 0.717) is 13.1 Å². The van der Waals surface area contributed by atoms with Gasteiger partial charge in [-0.3, -0.25) is 4.79 Å². The fourth-order valence-electron chi connectivity index (χ4n) is 1.49. The first-order chi connectivity index (χ1) is 8.70. The number of nitrogens with one attached hydrogen (secondary N) is 1. The zero-order valence-electron chi connectivity index (χ0n) is 10.2. The lowest BCUT2D eigenvalue weighted by molar-refractivity contribution is -0.131. The molecule has 0 saturated carbocycles. The highest BCUT2D eigenvalue weighted by Gasteiger charge is 2.22. The summed E-state index contributed by atoms with van der Waals surface area (Å²) in [4.78, 5) is 11.8. The summed E-state index contributed by atoms with van der Waals surface area (Å²) in [5.74, 6) is -0.846. The number of ether oxygens (including phenoxy) is 1. The third-order valence-corrected chi connectivity index (χ3v) is 2.36. The average molecular weight is 252 g/mol. The van der Waals surface area contributed by atoms with Crippen LogP contribution in [0.1, 0.15) is 11.7 Å². The number of methoxy groups -OCH3 is 1. The topological polar surface area (TPSA) is 64.3 Å². The summed E-state index contributed by atoms with van der Waals surface area (Å²) in [6.07, 6.45) is 2.51. The summed E-state index contributed by atoms with van der Waals surface area (Å²) in [6.45, 7) is 0.751. The van der Waals surface area contributed by atoms with Crippen molar-refractivity contribution in [2.75, 3.05) is 20.2 Å². The van der Waals surface area contributed by atoms with E-state index in [9.17, 15) is 9.18 Å². The van der Waals surface area contributed by atoms with Gasteiger partial charge in [-0.15, -0.1) is 0 Å². The van der Waals surface area contributed by atoms with Crippen molar-refractivity contribution in [1.29, 1.82) is 0 Å². The fraction of sp³-hybridized carbons (Fsp3) is 0.308. The van der Waals surface area contributed by atoms with Crippen LogP contribution in [0, 0.1) is 5.82 Å². The molecular formula is C13H17FN2O2. The van der Waals surface area contributed by atoms with E-state index in [4.69, 9.17) is 10.5 Å². The molecule has 5 heteroatoms. The minimum Gasteiger partial charge on any atom is -0.367 e. The van der Waals surface area contributed by atoms with Crippen molar-refractivity contribution >= 4 is 5.91 Å². The minimum atomic E-state index is -0.947. The van der Waals surface area contributed by atoms with E-state index < -0.39 is 11.9 Å². The Kier molecular flexibility index (Phi) is 6.04. The minimum absolute atomic E-state index is 0.223. The van der Waals surface area contributed by atoms with Gasteiger partial charge in [0.2, 0.25) is 0 Å². The van der Waals surface area contributed by atoms with Gasteiger partial charge >= 0.3 is 0 Å². The standard InChI is InChI=1S/C13H17FN2O2/c1-18-12(10-6-2-3-7-11(10)14)13(17)16-9-5-4-8-15/h2-7,12H,8-9,15H2,1H3,(H,16,17)/b5-4+. The van der Waals surface area contributed by atoms with Crippen LogP contribution in [0.25, 0.3) is 0 Å². The summed E-state index contributed by atoms with van der Waals surface area (Å²) >= 11 is 0. The van der Waals surface area contributed by atoms with Gasteiger partial charge in [0.05, 0.1) is 0 Å². The lowest BCUT2D eigenvalue weighted by Crippen LogP contribution is -2.31. The van der Waals surface area contributed by atoms with E-state index in [1.807, 2.05) is 0 Å². The maximum atomic E-state index is 13.5. The van der Waals surface area contributed by atoms with Crippen molar-refractivity contribution in [1.82, 2.24) is 5.32 Å². The normalized spacial score (nSPS) is 12.6. The number of carbonyl (C=O) groups is 1. The van der Waals surface area contributed by atoms with E-state index in [0.717, 1.165) is 0 Å². The summed E-state index contributed by atoms with van der Waals surface area (Å²) in [5.41, 5.74) is 5.49. The van der Waals surface area contributed by atoms with Crippen LogP contribution in [0.5, 0.6) is 0 Å². The molecule has 98 valence electrons. The molecule has 0 aliphatic carbocycles. The number of hydrogen-bond donors (Lipinski definition) is 2. The molecule has 3 N–H and O–H groups in total. The highest BCUT2D eigenvalue weighted by atomic mass is 19.1. The van der Waals surface area contributed by atoms with E-state index in [1.54, 1.807) is 24.3 Å². The third kappa shape index (κ3) is 3.94. The molecule has 0 aliphatic rings. The SMILES string of the molecule is COC(C(=O)NC/C=C/CN)c1ccccc1F. The number of benzene rings is 1. The number of amides is 1. The predicted octanol–water partition coefficient (Wildman–Crippen LogP) is 1.14. The molecule has 1 aromatic rings. The Morgan fingerprint density at radius 2 is 2.22 bits per heavy atom. The molecule has 18 heavy (non-hydrogen) atoms. The van der Waals surface area contributed by atoms with Crippen LogP contribution in [0.4, 0.5) is 4.39 Å². The molecule has 1 rings (SSSR count). The molecule has 1 unspecified atom stereocenters. The van der Waals surface area contributed by atoms with Crippen LogP contribution in [-0.2, 0) is 9.53 Å². The number of hydrogen-bond acceptors (Lipinski definition) is 3. The van der Waals surface area contributed by atoms with E-state index in [1.165, 1.54) is 19.2 Å². The molecule has 1 atom stereocenters. The first-order valence-corrected chi connectivity index (χ1v) is 5.60. The molecule has 0 heterocycles. The predicted molar refractivity (Wildman–Crippen MR) is 67.4 cm³/mol. The molecule has 0 aromatic heterocycles. The van der Waals surface area contributed by atoms with E-state index >= 15 is 0 Å². The Balaban J connectivity index is 2.69. The van der Waals surface area contributed by atoms with Gasteiger partial charge in [-0.05, 0) is 6.07 Å². The number of halogens is 1. The van der Waals surface area contributed by atoms with Crippen molar-refractivity contribution in [2.45, 2.75) is 6.10 Å². The van der Waals surface area contributed by atoms with Gasteiger partial charge in [-0.1, -0.05) is 30.4 Å². The number of carbonyl (C=O) groups excluding carboxylic acids is 1. The summed E-state index contributed by atoms with van der Waals surface area (Å²) in [7, 11) is 1.37. The van der Waals surface area contributed by atoms with Crippen molar-refractivity contribution in [3.8, 4) is 0 Å². The van der Waals surface area contributed by atoms with Crippen molar-refractivity contribution < 1.29 is 13.9 Å². The Labute approximate surface area is 106 Å². The molecule has 0 saturated heterocycles. The summed E-state index contributed by atoms with van der Waals surface area (Å²) in [6, 6.07) is 6.04. The average Bonchev–Trinajstić information content (AvgIpc) is 2.38. The molecule has 0 spiro atoms. The summed E-state index contributed by atoms with van der Waals surface area (Å²) < 4.78 is 18.6. The lowest BCUT2D eigenvalue weighted by atomic mass is 10.1. The molecule has 1 aromatic carbocycles. The second kappa shape index (κ2) is 7.58. The van der Waals surface area contributed by atoms with Gasteiger partial charge in [-0.25, -0.2) is 4.39 Å². The third-order valence-electron chi connectivity index (χ3n) is 2.36. The van der Waals surface area contributed by atoms with Crippen LogP contribution < -0.4 is 11.1 Å². The van der Waals surface area contributed by atoms with E-state index in [2.05, 4.69) is 5.32 Å². The Morgan fingerprint density at radius 1 is 1.50 bits per heavy atom. The molecule has 4 nitrogen and oxygen atoms in total. The van der Waals surface area contributed by atoms with Gasteiger partial charge in [0.25, 0.3) is 5.91 Å². The van der Waals surface area contributed by atoms with Gasteiger partial charge in [0.1, 0.15) is 5.82 Å². The second-order valence-corrected chi connectivity index (χ2v) is 3.59.